The molecule has 3 heterocycles. The fraction of sp³-hybridized carbons (Fsp3) is 0.529. The number of alkyl halides is 3. The van der Waals surface area contributed by atoms with E-state index in [0.29, 0.717) is 5.69 Å². The van der Waals surface area contributed by atoms with Gasteiger partial charge in [0.15, 0.2) is 5.69 Å². The van der Waals surface area contributed by atoms with Gasteiger partial charge in [0.2, 0.25) is 5.91 Å². The zero-order chi connectivity index (χ0) is 21.4. The van der Waals surface area contributed by atoms with Crippen molar-refractivity contribution in [3.8, 4) is 0 Å². The minimum atomic E-state index is -4.53. The number of carbonyl (C=O) groups excluding carboxylic acids is 1. The van der Waals surface area contributed by atoms with Crippen LogP contribution in [0.3, 0.4) is 0 Å². The Kier molecular flexibility index (Phi) is 6.06. The van der Waals surface area contributed by atoms with Gasteiger partial charge in [-0.3, -0.25) is 9.48 Å². The first kappa shape index (κ1) is 21.8. The summed E-state index contributed by atoms with van der Waals surface area (Å²) in [5.41, 5.74) is -0.661. The second kappa shape index (κ2) is 8.07. The highest BCUT2D eigenvalue weighted by Crippen LogP contribution is 2.29. The molecule has 1 aliphatic heterocycles. The average Bonchev–Trinajstić information content (AvgIpc) is 3.32. The molecular weight excluding hydrogens is 429 g/mol. The third-order valence-corrected chi connectivity index (χ3v) is 8.05. The van der Waals surface area contributed by atoms with Gasteiger partial charge >= 0.3 is 6.18 Å². The molecule has 0 bridgehead atoms. The third kappa shape index (κ3) is 4.64. The monoisotopic (exact) mass is 450 g/mol. The number of hydrogen-bond acceptors (Lipinski definition) is 5. The van der Waals surface area contributed by atoms with Crippen molar-refractivity contribution in [3.63, 3.8) is 0 Å². The summed E-state index contributed by atoms with van der Waals surface area (Å²) < 4.78 is 66.3. The Bertz CT molecular complexity index is 963. The lowest BCUT2D eigenvalue weighted by Gasteiger charge is -2.35. The van der Waals surface area contributed by atoms with E-state index in [-0.39, 0.29) is 42.8 Å². The summed E-state index contributed by atoms with van der Waals surface area (Å²) in [4.78, 5) is 14.2. The zero-order valence-corrected chi connectivity index (χ0v) is 17.5. The molecule has 0 N–H and O–H groups in total. The predicted molar refractivity (Wildman–Crippen MR) is 101 cm³/mol. The van der Waals surface area contributed by atoms with Crippen LogP contribution < -0.4 is 0 Å². The molecule has 0 aromatic carbocycles. The lowest BCUT2D eigenvalue weighted by molar-refractivity contribution is -0.141. The highest BCUT2D eigenvalue weighted by Gasteiger charge is 2.35. The summed E-state index contributed by atoms with van der Waals surface area (Å²) in [6.07, 6.45) is -4.53. The maximum absolute atomic E-state index is 12.8. The fourth-order valence-electron chi connectivity index (χ4n) is 3.17. The van der Waals surface area contributed by atoms with Gasteiger partial charge in [-0.05, 0) is 24.4 Å². The van der Waals surface area contributed by atoms with Crippen LogP contribution in [-0.2, 0) is 27.5 Å². The van der Waals surface area contributed by atoms with E-state index in [4.69, 9.17) is 0 Å². The third-order valence-electron chi connectivity index (χ3n) is 4.78. The molecule has 0 spiro atoms. The van der Waals surface area contributed by atoms with Crippen LogP contribution in [0.5, 0.6) is 0 Å². The smallest absolute Gasteiger partial charge is 0.340 e. The second-order valence-electron chi connectivity index (χ2n) is 6.91. The van der Waals surface area contributed by atoms with Gasteiger partial charge < -0.3 is 4.90 Å². The first-order valence-corrected chi connectivity index (χ1v) is 11.3. The Hall–Kier alpha value is -1.92. The lowest BCUT2D eigenvalue weighted by Crippen LogP contribution is -2.51. The Morgan fingerprint density at radius 3 is 2.45 bits per heavy atom. The molecule has 160 valence electrons. The largest absolute Gasteiger partial charge is 0.435 e. The van der Waals surface area contributed by atoms with E-state index in [9.17, 15) is 26.4 Å². The van der Waals surface area contributed by atoms with Crippen LogP contribution >= 0.6 is 11.3 Å². The maximum Gasteiger partial charge on any atom is 0.435 e. The van der Waals surface area contributed by atoms with Gasteiger partial charge in [0.1, 0.15) is 4.21 Å². The predicted octanol–water partition coefficient (Wildman–Crippen LogP) is 2.44. The summed E-state index contributed by atoms with van der Waals surface area (Å²) in [7, 11) is -3.56. The molecule has 0 saturated carbocycles. The zero-order valence-electron chi connectivity index (χ0n) is 15.9. The molecule has 1 fully saturated rings. The van der Waals surface area contributed by atoms with Crippen LogP contribution in [0.25, 0.3) is 0 Å². The molecule has 12 heteroatoms. The topological polar surface area (TPSA) is 75.5 Å². The van der Waals surface area contributed by atoms with E-state index in [1.54, 1.807) is 29.3 Å². The first-order chi connectivity index (χ1) is 13.5. The number of thiophene rings is 1. The summed E-state index contributed by atoms with van der Waals surface area (Å²) in [5.74, 6) is -0.822. The van der Waals surface area contributed by atoms with Crippen LogP contribution in [0.15, 0.2) is 27.8 Å². The number of sulfonamides is 1. The molecular formula is C17H21F3N4O3S2. The second-order valence-corrected chi connectivity index (χ2v) is 10.0. The molecule has 1 amide bonds. The summed E-state index contributed by atoms with van der Waals surface area (Å²) in [6, 6.07) is 4.16. The van der Waals surface area contributed by atoms with Crippen molar-refractivity contribution in [2.45, 2.75) is 30.8 Å². The van der Waals surface area contributed by atoms with Crippen molar-refractivity contribution in [1.29, 1.82) is 0 Å². The van der Waals surface area contributed by atoms with Crippen LogP contribution in [0, 0.1) is 12.8 Å². The number of rotatable bonds is 5. The minimum absolute atomic E-state index is 0.0223. The molecule has 1 aliphatic rings. The maximum atomic E-state index is 12.8. The van der Waals surface area contributed by atoms with Crippen molar-refractivity contribution in [3.05, 3.63) is 35.0 Å². The van der Waals surface area contributed by atoms with E-state index in [1.165, 1.54) is 15.9 Å². The highest BCUT2D eigenvalue weighted by molar-refractivity contribution is 7.91. The van der Waals surface area contributed by atoms with Gasteiger partial charge in [0.05, 0.1) is 12.5 Å². The number of nitrogens with zero attached hydrogens (tertiary/aromatic N) is 4. The number of aromatic nitrogens is 2. The molecule has 0 aliphatic carbocycles. The van der Waals surface area contributed by atoms with E-state index in [1.807, 2.05) is 0 Å². The number of carbonyl (C=O) groups is 1. The quantitative estimate of drug-likeness (QED) is 0.701. The van der Waals surface area contributed by atoms with Gasteiger partial charge in [-0.2, -0.15) is 22.6 Å². The molecule has 1 unspecified atom stereocenters. The molecule has 1 saturated heterocycles. The van der Waals surface area contributed by atoms with E-state index >= 15 is 0 Å². The number of aryl methyl sites for hydroxylation is 1. The van der Waals surface area contributed by atoms with Gasteiger partial charge in [0, 0.05) is 31.9 Å². The van der Waals surface area contributed by atoms with Crippen LogP contribution in [-0.4, -0.2) is 59.5 Å². The number of amides is 1. The fourth-order valence-corrected chi connectivity index (χ4v) is 5.74. The Labute approximate surface area is 170 Å². The SMILES string of the molecule is Cc1cc(C(F)(F)F)nn1CC(C)C(=O)N1CCN(S(=O)(=O)c2cccs2)CC1. The van der Waals surface area contributed by atoms with E-state index in [0.717, 1.165) is 17.4 Å². The van der Waals surface area contributed by atoms with Crippen molar-refractivity contribution in [2.75, 3.05) is 26.2 Å². The average molecular weight is 451 g/mol. The van der Waals surface area contributed by atoms with E-state index in [2.05, 4.69) is 5.10 Å². The van der Waals surface area contributed by atoms with Crippen LogP contribution in [0.1, 0.15) is 18.3 Å². The Morgan fingerprint density at radius 1 is 1.28 bits per heavy atom. The molecule has 7 nitrogen and oxygen atoms in total. The van der Waals surface area contributed by atoms with Gasteiger partial charge in [-0.1, -0.05) is 13.0 Å². The summed E-state index contributed by atoms with van der Waals surface area (Å²) >= 11 is 1.14. The number of hydrogen-bond donors (Lipinski definition) is 0. The van der Waals surface area contributed by atoms with Crippen molar-refractivity contribution in [1.82, 2.24) is 19.0 Å². The van der Waals surface area contributed by atoms with Crippen LogP contribution in [0.2, 0.25) is 0 Å². The standard InChI is InChI=1S/C17H21F3N4O3S2/c1-12(11-24-13(2)10-14(21-24)17(18,19)20)16(25)22-5-7-23(8-6-22)29(26,27)15-4-3-9-28-15/h3-4,9-10,12H,5-8,11H2,1-2H3. The van der Waals surface area contributed by atoms with Gasteiger partial charge in [-0.15, -0.1) is 11.3 Å². The summed E-state index contributed by atoms with van der Waals surface area (Å²) in [6.45, 7) is 3.99. The summed E-state index contributed by atoms with van der Waals surface area (Å²) in [5, 5.41) is 5.25. The number of halogens is 3. The Morgan fingerprint density at radius 2 is 1.93 bits per heavy atom. The normalized spacial score (nSPS) is 17.5. The van der Waals surface area contributed by atoms with Gasteiger partial charge in [-0.25, -0.2) is 8.42 Å². The van der Waals surface area contributed by atoms with Crippen molar-refractivity contribution < 1.29 is 26.4 Å². The van der Waals surface area contributed by atoms with Crippen molar-refractivity contribution >= 4 is 27.3 Å². The van der Waals surface area contributed by atoms with E-state index < -0.39 is 27.8 Å². The minimum Gasteiger partial charge on any atom is -0.340 e. The molecule has 0 radical (unpaired) electrons. The van der Waals surface area contributed by atoms with Crippen LogP contribution in [0.4, 0.5) is 13.2 Å². The molecule has 1 atom stereocenters. The first-order valence-electron chi connectivity index (χ1n) is 8.94. The molecule has 3 rings (SSSR count). The van der Waals surface area contributed by atoms with Crippen molar-refractivity contribution in [2.24, 2.45) is 5.92 Å². The Balaban J connectivity index is 1.60. The lowest BCUT2D eigenvalue weighted by atomic mass is 10.1. The molecule has 2 aromatic rings. The van der Waals surface area contributed by atoms with Gasteiger partial charge in [0.25, 0.3) is 10.0 Å². The molecule has 2 aromatic heterocycles. The molecule has 29 heavy (non-hydrogen) atoms. The number of piperazine rings is 1. The highest BCUT2D eigenvalue weighted by atomic mass is 32.2.